The summed E-state index contributed by atoms with van der Waals surface area (Å²) in [7, 11) is -2.05. The summed E-state index contributed by atoms with van der Waals surface area (Å²) in [5.41, 5.74) is 0.853. The molecule has 0 fully saturated rings. The molecular weight excluding hydrogens is 340 g/mol. The van der Waals surface area contributed by atoms with E-state index < -0.39 is 10.0 Å². The quantitative estimate of drug-likeness (QED) is 0.684. The fourth-order valence-corrected chi connectivity index (χ4v) is 3.50. The molecule has 0 aliphatic carbocycles. The van der Waals surface area contributed by atoms with Crippen LogP contribution >= 0.6 is 0 Å². The molecule has 1 aromatic carbocycles. The van der Waals surface area contributed by atoms with E-state index in [2.05, 4.69) is 4.98 Å². The summed E-state index contributed by atoms with van der Waals surface area (Å²) in [6.07, 6.45) is 2.25. The van der Waals surface area contributed by atoms with Gasteiger partial charge in [0.15, 0.2) is 11.5 Å². The predicted octanol–water partition coefficient (Wildman–Crippen LogP) is 2.74. The summed E-state index contributed by atoms with van der Waals surface area (Å²) in [5.74, 6) is 0.975. The smallest absolute Gasteiger partial charge is 0.242 e. The van der Waals surface area contributed by atoms with Crippen LogP contribution in [0.15, 0.2) is 47.5 Å². The van der Waals surface area contributed by atoms with Crippen molar-refractivity contribution in [1.82, 2.24) is 9.29 Å². The summed E-state index contributed by atoms with van der Waals surface area (Å²) in [6, 6.07) is 10.3. The molecule has 0 aliphatic heterocycles. The van der Waals surface area contributed by atoms with Gasteiger partial charge >= 0.3 is 0 Å². The highest BCUT2D eigenvalue weighted by Gasteiger charge is 2.22. The number of ether oxygens (including phenoxy) is 2. The fraction of sp³-hybridized carbons (Fsp3) is 0.389. The average Bonchev–Trinajstić information content (AvgIpc) is 2.62. The molecule has 7 heteroatoms. The van der Waals surface area contributed by atoms with Crippen LogP contribution in [0, 0.1) is 0 Å². The second-order valence-electron chi connectivity index (χ2n) is 5.37. The van der Waals surface area contributed by atoms with Gasteiger partial charge < -0.3 is 9.47 Å². The normalized spacial score (nSPS) is 11.5. The molecular formula is C18H24N2O4S. The van der Waals surface area contributed by atoms with E-state index in [0.29, 0.717) is 37.7 Å². The van der Waals surface area contributed by atoms with Crippen molar-refractivity contribution in [2.45, 2.75) is 25.2 Å². The van der Waals surface area contributed by atoms with Gasteiger partial charge in [-0.2, -0.15) is 0 Å². The van der Waals surface area contributed by atoms with Crippen LogP contribution in [-0.2, 0) is 16.4 Å². The lowest BCUT2D eigenvalue weighted by Gasteiger charge is -2.18. The zero-order valence-electron chi connectivity index (χ0n) is 14.8. The van der Waals surface area contributed by atoms with E-state index in [0.717, 1.165) is 5.69 Å². The van der Waals surface area contributed by atoms with E-state index >= 15 is 0 Å². The summed E-state index contributed by atoms with van der Waals surface area (Å²) in [5, 5.41) is 0. The Morgan fingerprint density at radius 1 is 1.04 bits per heavy atom. The maximum atomic E-state index is 12.8. The number of aromatic nitrogens is 1. The van der Waals surface area contributed by atoms with Crippen LogP contribution in [0.3, 0.4) is 0 Å². The van der Waals surface area contributed by atoms with Crippen molar-refractivity contribution in [3.8, 4) is 11.5 Å². The van der Waals surface area contributed by atoms with Crippen LogP contribution in [0.1, 0.15) is 19.5 Å². The molecule has 2 aromatic rings. The highest BCUT2D eigenvalue weighted by atomic mass is 32.2. The number of nitrogens with zero attached hydrogens (tertiary/aromatic N) is 2. The molecule has 0 atom stereocenters. The Morgan fingerprint density at radius 3 is 2.40 bits per heavy atom. The molecule has 136 valence electrons. The SMILES string of the molecule is CCOc1ccc(S(=O)(=O)N(C)CCc2ccccn2)cc1OCC. The van der Waals surface area contributed by atoms with Gasteiger partial charge in [0, 0.05) is 38.0 Å². The second kappa shape index (κ2) is 8.82. The molecule has 0 unspecified atom stereocenters. The van der Waals surface area contributed by atoms with Gasteiger partial charge in [0.2, 0.25) is 10.0 Å². The van der Waals surface area contributed by atoms with Crippen molar-refractivity contribution in [1.29, 1.82) is 0 Å². The number of hydrogen-bond acceptors (Lipinski definition) is 5. The number of rotatable bonds is 9. The van der Waals surface area contributed by atoms with Crippen molar-refractivity contribution in [2.75, 3.05) is 26.8 Å². The molecule has 0 bridgehead atoms. The van der Waals surface area contributed by atoms with Crippen molar-refractivity contribution < 1.29 is 17.9 Å². The van der Waals surface area contributed by atoms with Gasteiger partial charge in [-0.3, -0.25) is 4.98 Å². The van der Waals surface area contributed by atoms with E-state index in [1.165, 1.54) is 10.4 Å². The largest absolute Gasteiger partial charge is 0.490 e. The van der Waals surface area contributed by atoms with Crippen LogP contribution in [0.2, 0.25) is 0 Å². The first-order valence-corrected chi connectivity index (χ1v) is 9.69. The van der Waals surface area contributed by atoms with Crippen molar-refractivity contribution in [2.24, 2.45) is 0 Å². The maximum absolute atomic E-state index is 12.8. The molecule has 0 aliphatic rings. The Morgan fingerprint density at radius 2 is 1.76 bits per heavy atom. The number of hydrogen-bond donors (Lipinski definition) is 0. The van der Waals surface area contributed by atoms with Crippen LogP contribution < -0.4 is 9.47 Å². The number of sulfonamides is 1. The minimum Gasteiger partial charge on any atom is -0.490 e. The highest BCUT2D eigenvalue weighted by molar-refractivity contribution is 7.89. The minimum absolute atomic E-state index is 0.183. The molecule has 0 saturated carbocycles. The summed E-state index contributed by atoms with van der Waals surface area (Å²) in [6.45, 7) is 4.97. The molecule has 2 rings (SSSR count). The average molecular weight is 364 g/mol. The van der Waals surface area contributed by atoms with Crippen molar-refractivity contribution in [3.63, 3.8) is 0 Å². The Bertz CT molecular complexity index is 779. The van der Waals surface area contributed by atoms with Gasteiger partial charge in [0.25, 0.3) is 0 Å². The second-order valence-corrected chi connectivity index (χ2v) is 7.42. The first-order chi connectivity index (χ1) is 12.0. The standard InChI is InChI=1S/C18H24N2O4S/c1-4-23-17-10-9-16(14-18(17)24-5-2)25(21,22)20(3)13-11-15-8-6-7-12-19-15/h6-10,12,14H,4-5,11,13H2,1-3H3. The van der Waals surface area contributed by atoms with Gasteiger partial charge in [0.05, 0.1) is 18.1 Å². The van der Waals surface area contributed by atoms with E-state index in [1.807, 2.05) is 32.0 Å². The van der Waals surface area contributed by atoms with Gasteiger partial charge in [-0.1, -0.05) is 6.07 Å². The van der Waals surface area contributed by atoms with Crippen LogP contribution in [-0.4, -0.2) is 44.5 Å². The fourth-order valence-electron chi connectivity index (χ4n) is 2.31. The van der Waals surface area contributed by atoms with E-state index in [9.17, 15) is 8.42 Å². The maximum Gasteiger partial charge on any atom is 0.242 e. The van der Waals surface area contributed by atoms with E-state index in [1.54, 1.807) is 25.4 Å². The third-order valence-corrected chi connectivity index (χ3v) is 5.48. The van der Waals surface area contributed by atoms with Gasteiger partial charge in [-0.05, 0) is 38.1 Å². The van der Waals surface area contributed by atoms with Gasteiger partial charge in [0.1, 0.15) is 0 Å². The van der Waals surface area contributed by atoms with Gasteiger partial charge in [-0.15, -0.1) is 0 Å². The van der Waals surface area contributed by atoms with Crippen LogP contribution in [0.5, 0.6) is 11.5 Å². The molecule has 0 saturated heterocycles. The van der Waals surface area contributed by atoms with Crippen molar-refractivity contribution >= 4 is 10.0 Å². The Labute approximate surface area is 149 Å². The van der Waals surface area contributed by atoms with E-state index in [-0.39, 0.29) is 4.90 Å². The summed E-state index contributed by atoms with van der Waals surface area (Å²) < 4.78 is 37.9. The van der Waals surface area contributed by atoms with Crippen molar-refractivity contribution in [3.05, 3.63) is 48.3 Å². The molecule has 0 amide bonds. The molecule has 0 N–H and O–H groups in total. The van der Waals surface area contributed by atoms with Crippen LogP contribution in [0.25, 0.3) is 0 Å². The first kappa shape index (κ1) is 19.2. The lowest BCUT2D eigenvalue weighted by Crippen LogP contribution is -2.29. The highest BCUT2D eigenvalue weighted by Crippen LogP contribution is 2.31. The number of pyridine rings is 1. The predicted molar refractivity (Wildman–Crippen MR) is 96.5 cm³/mol. The third kappa shape index (κ3) is 4.93. The molecule has 25 heavy (non-hydrogen) atoms. The van der Waals surface area contributed by atoms with E-state index in [4.69, 9.17) is 9.47 Å². The molecule has 1 aromatic heterocycles. The number of likely N-dealkylation sites (N-methyl/N-ethyl adjacent to an activating group) is 1. The minimum atomic E-state index is -3.61. The zero-order chi connectivity index (χ0) is 18.3. The molecule has 0 spiro atoms. The summed E-state index contributed by atoms with van der Waals surface area (Å²) >= 11 is 0. The lowest BCUT2D eigenvalue weighted by atomic mass is 10.3. The first-order valence-electron chi connectivity index (χ1n) is 8.25. The summed E-state index contributed by atoms with van der Waals surface area (Å²) in [4.78, 5) is 4.40. The number of benzene rings is 1. The topological polar surface area (TPSA) is 68.7 Å². The Balaban J connectivity index is 2.18. The Kier molecular flexibility index (Phi) is 6.78. The third-order valence-electron chi connectivity index (χ3n) is 3.63. The Hall–Kier alpha value is -2.12. The molecule has 6 nitrogen and oxygen atoms in total. The molecule has 1 heterocycles. The van der Waals surface area contributed by atoms with Crippen LogP contribution in [0.4, 0.5) is 0 Å². The lowest BCUT2D eigenvalue weighted by molar-refractivity contribution is 0.287. The van der Waals surface area contributed by atoms with Gasteiger partial charge in [-0.25, -0.2) is 12.7 Å². The molecule has 0 radical (unpaired) electrons. The monoisotopic (exact) mass is 364 g/mol. The zero-order valence-corrected chi connectivity index (χ0v) is 15.6.